The molecule has 156 valence electrons. The number of nitrogens with one attached hydrogen (secondary N) is 2. The molecule has 1 amide bonds. The molecule has 0 bridgehead atoms. The SMILES string of the molecule is COc1cc(F)c(S(=O)(=O)Nc2ccc(N3CCNC(=O)C3)c(Cl)c2)cc1OC. The highest BCUT2D eigenvalue weighted by Crippen LogP contribution is 2.34. The Labute approximate surface area is 172 Å². The maximum atomic E-state index is 14.3. The minimum atomic E-state index is -4.26. The molecule has 3 rings (SSSR count). The molecule has 1 aliphatic rings. The van der Waals surface area contributed by atoms with Gasteiger partial charge in [0.1, 0.15) is 10.7 Å². The van der Waals surface area contributed by atoms with Crippen molar-refractivity contribution < 1.29 is 27.1 Å². The molecule has 29 heavy (non-hydrogen) atoms. The van der Waals surface area contributed by atoms with Crippen molar-refractivity contribution in [3.05, 3.63) is 41.2 Å². The molecular formula is C18H19ClFN3O5S. The molecule has 0 radical (unpaired) electrons. The highest BCUT2D eigenvalue weighted by Gasteiger charge is 2.24. The van der Waals surface area contributed by atoms with Crippen LogP contribution in [0.3, 0.4) is 0 Å². The van der Waals surface area contributed by atoms with Crippen molar-refractivity contribution in [3.63, 3.8) is 0 Å². The summed E-state index contributed by atoms with van der Waals surface area (Å²) in [6.45, 7) is 1.22. The normalized spacial score (nSPS) is 14.3. The molecule has 0 aromatic heterocycles. The number of anilines is 2. The van der Waals surface area contributed by atoms with Gasteiger partial charge in [-0.25, -0.2) is 12.8 Å². The van der Waals surface area contributed by atoms with Crippen molar-refractivity contribution in [3.8, 4) is 11.5 Å². The van der Waals surface area contributed by atoms with Crippen molar-refractivity contribution in [2.75, 3.05) is 43.5 Å². The fourth-order valence-electron chi connectivity index (χ4n) is 2.92. The van der Waals surface area contributed by atoms with Crippen LogP contribution in [0.2, 0.25) is 5.02 Å². The Kier molecular flexibility index (Phi) is 6.04. The summed E-state index contributed by atoms with van der Waals surface area (Å²) in [6, 6.07) is 6.47. The Hall–Kier alpha value is -2.72. The van der Waals surface area contributed by atoms with Gasteiger partial charge < -0.3 is 19.7 Å². The first-order valence-corrected chi connectivity index (χ1v) is 10.4. The van der Waals surface area contributed by atoms with Crippen LogP contribution in [0.25, 0.3) is 0 Å². The second-order valence-electron chi connectivity index (χ2n) is 6.18. The Morgan fingerprint density at radius 2 is 1.86 bits per heavy atom. The first-order chi connectivity index (χ1) is 13.7. The average molecular weight is 444 g/mol. The summed E-state index contributed by atoms with van der Waals surface area (Å²) in [4.78, 5) is 12.7. The van der Waals surface area contributed by atoms with E-state index < -0.39 is 20.7 Å². The van der Waals surface area contributed by atoms with E-state index in [-0.39, 0.29) is 34.7 Å². The van der Waals surface area contributed by atoms with E-state index in [1.165, 1.54) is 26.4 Å². The van der Waals surface area contributed by atoms with E-state index in [9.17, 15) is 17.6 Å². The van der Waals surface area contributed by atoms with Crippen molar-refractivity contribution in [2.24, 2.45) is 0 Å². The number of halogens is 2. The Morgan fingerprint density at radius 3 is 2.48 bits per heavy atom. The van der Waals surface area contributed by atoms with Crippen molar-refractivity contribution in [2.45, 2.75) is 4.90 Å². The number of benzene rings is 2. The predicted molar refractivity (Wildman–Crippen MR) is 107 cm³/mol. The smallest absolute Gasteiger partial charge is 0.264 e. The third kappa shape index (κ3) is 4.48. The Morgan fingerprint density at radius 1 is 1.17 bits per heavy atom. The molecule has 2 aromatic rings. The number of rotatable bonds is 6. The second-order valence-corrected chi connectivity index (χ2v) is 8.24. The zero-order valence-electron chi connectivity index (χ0n) is 15.7. The number of nitrogens with zero attached hydrogens (tertiary/aromatic N) is 1. The first-order valence-electron chi connectivity index (χ1n) is 8.50. The number of carbonyl (C=O) groups is 1. The van der Waals surface area contributed by atoms with E-state index in [0.717, 1.165) is 12.1 Å². The summed E-state index contributed by atoms with van der Waals surface area (Å²) in [6.07, 6.45) is 0. The number of hydrogen-bond acceptors (Lipinski definition) is 6. The molecule has 1 heterocycles. The van der Waals surface area contributed by atoms with Crippen LogP contribution in [0.1, 0.15) is 0 Å². The maximum absolute atomic E-state index is 14.3. The molecule has 8 nitrogen and oxygen atoms in total. The van der Waals surface area contributed by atoms with Crippen LogP contribution < -0.4 is 24.4 Å². The Balaban J connectivity index is 1.87. The van der Waals surface area contributed by atoms with Crippen molar-refractivity contribution in [1.29, 1.82) is 0 Å². The van der Waals surface area contributed by atoms with E-state index in [1.807, 2.05) is 0 Å². The molecule has 0 spiro atoms. The first kappa shape index (κ1) is 21.0. The van der Waals surface area contributed by atoms with Gasteiger partial charge in [-0.2, -0.15) is 0 Å². The van der Waals surface area contributed by atoms with Gasteiger partial charge >= 0.3 is 0 Å². The maximum Gasteiger partial charge on any atom is 0.264 e. The van der Waals surface area contributed by atoms with Crippen LogP contribution in [-0.4, -0.2) is 48.2 Å². The van der Waals surface area contributed by atoms with Gasteiger partial charge in [0.2, 0.25) is 5.91 Å². The summed E-state index contributed by atoms with van der Waals surface area (Å²) >= 11 is 6.29. The lowest BCUT2D eigenvalue weighted by atomic mass is 10.2. The van der Waals surface area contributed by atoms with E-state index >= 15 is 0 Å². The van der Waals surface area contributed by atoms with Crippen LogP contribution in [0.4, 0.5) is 15.8 Å². The lowest BCUT2D eigenvalue weighted by Gasteiger charge is -2.29. The van der Waals surface area contributed by atoms with Crippen molar-refractivity contribution >= 4 is 38.9 Å². The van der Waals surface area contributed by atoms with E-state index in [0.29, 0.717) is 18.8 Å². The van der Waals surface area contributed by atoms with Gasteiger partial charge in [0.25, 0.3) is 10.0 Å². The summed E-state index contributed by atoms with van der Waals surface area (Å²) in [5.74, 6) is -0.967. The van der Waals surface area contributed by atoms with Gasteiger partial charge in [0.05, 0.1) is 37.2 Å². The van der Waals surface area contributed by atoms with Gasteiger partial charge in [0, 0.05) is 25.2 Å². The number of carbonyl (C=O) groups excluding carboxylic acids is 1. The molecule has 0 unspecified atom stereocenters. The molecule has 0 atom stereocenters. The number of sulfonamides is 1. The molecular weight excluding hydrogens is 425 g/mol. The lowest BCUT2D eigenvalue weighted by Crippen LogP contribution is -2.47. The molecule has 11 heteroatoms. The minimum absolute atomic E-state index is 0.0712. The van der Waals surface area contributed by atoms with Gasteiger partial charge in [-0.15, -0.1) is 0 Å². The van der Waals surface area contributed by atoms with E-state index in [1.54, 1.807) is 11.0 Å². The summed E-state index contributed by atoms with van der Waals surface area (Å²) in [5, 5.41) is 2.97. The minimum Gasteiger partial charge on any atom is -0.493 e. The predicted octanol–water partition coefficient (Wildman–Crippen LogP) is 2.23. The molecule has 0 aliphatic carbocycles. The van der Waals surface area contributed by atoms with Crippen LogP contribution >= 0.6 is 11.6 Å². The Bertz CT molecular complexity index is 1050. The fourth-order valence-corrected chi connectivity index (χ4v) is 4.35. The number of methoxy groups -OCH3 is 2. The van der Waals surface area contributed by atoms with Gasteiger partial charge in [-0.1, -0.05) is 11.6 Å². The highest BCUT2D eigenvalue weighted by atomic mass is 35.5. The van der Waals surface area contributed by atoms with Gasteiger partial charge in [-0.05, 0) is 18.2 Å². The second kappa shape index (κ2) is 8.34. The number of ether oxygens (including phenoxy) is 2. The number of hydrogen-bond donors (Lipinski definition) is 2. The topological polar surface area (TPSA) is 97.0 Å². The molecule has 2 N–H and O–H groups in total. The quantitative estimate of drug-likeness (QED) is 0.710. The van der Waals surface area contributed by atoms with Crippen LogP contribution in [-0.2, 0) is 14.8 Å². The third-order valence-electron chi connectivity index (χ3n) is 4.31. The van der Waals surface area contributed by atoms with Crippen LogP contribution in [0.5, 0.6) is 11.5 Å². The fraction of sp³-hybridized carbons (Fsp3) is 0.278. The number of piperazine rings is 1. The molecule has 1 aliphatic heterocycles. The molecule has 2 aromatic carbocycles. The van der Waals surface area contributed by atoms with Gasteiger partial charge in [-0.3, -0.25) is 9.52 Å². The average Bonchev–Trinajstić information content (AvgIpc) is 2.67. The molecule has 1 fully saturated rings. The summed E-state index contributed by atoms with van der Waals surface area (Å²) in [5.41, 5.74) is 0.746. The van der Waals surface area contributed by atoms with Crippen molar-refractivity contribution in [1.82, 2.24) is 5.32 Å². The third-order valence-corrected chi connectivity index (χ3v) is 6.01. The molecule has 1 saturated heterocycles. The summed E-state index contributed by atoms with van der Waals surface area (Å²) < 4.78 is 52.0. The van der Waals surface area contributed by atoms with Crippen LogP contribution in [0.15, 0.2) is 35.2 Å². The number of amides is 1. The molecule has 0 saturated carbocycles. The van der Waals surface area contributed by atoms with E-state index in [2.05, 4.69) is 10.0 Å². The van der Waals surface area contributed by atoms with E-state index in [4.69, 9.17) is 21.1 Å². The zero-order chi connectivity index (χ0) is 21.2. The highest BCUT2D eigenvalue weighted by molar-refractivity contribution is 7.92. The monoisotopic (exact) mass is 443 g/mol. The van der Waals surface area contributed by atoms with Gasteiger partial charge in [0.15, 0.2) is 11.5 Å². The largest absolute Gasteiger partial charge is 0.493 e. The van der Waals surface area contributed by atoms with Crippen LogP contribution in [0, 0.1) is 5.82 Å². The summed E-state index contributed by atoms with van der Waals surface area (Å²) in [7, 11) is -1.62. The standard InChI is InChI=1S/C18H19ClFN3O5S/c1-27-15-8-13(20)17(9-16(15)28-2)29(25,26)22-11-3-4-14(12(19)7-11)23-6-5-21-18(24)10-23/h3-4,7-9,22H,5-6,10H2,1-2H3,(H,21,24). The lowest BCUT2D eigenvalue weighted by molar-refractivity contribution is -0.120. The zero-order valence-corrected chi connectivity index (χ0v) is 17.2.